The summed E-state index contributed by atoms with van der Waals surface area (Å²) in [4.78, 5) is 11.4. The van der Waals surface area contributed by atoms with E-state index in [-0.39, 0.29) is 0 Å². The van der Waals surface area contributed by atoms with E-state index in [1.165, 1.54) is 0 Å². The molecule has 0 unspecified atom stereocenters. The van der Waals surface area contributed by atoms with Crippen LogP contribution in [0.2, 0.25) is 0 Å². The maximum atomic E-state index is 4.26. The molecule has 0 aliphatic rings. The molecular weight excluding hydrogens is 188 g/mol. The molecule has 76 valence electrons. The highest BCUT2D eigenvalue weighted by Gasteiger charge is 2.07. The van der Waals surface area contributed by atoms with Crippen LogP contribution in [0.15, 0.2) is 37.3 Å². The monoisotopic (exact) mass is 200 g/mol. The van der Waals surface area contributed by atoms with Crippen LogP contribution in [-0.2, 0) is 0 Å². The van der Waals surface area contributed by atoms with E-state index in [0.717, 1.165) is 22.4 Å². The zero-order chi connectivity index (χ0) is 10.7. The summed E-state index contributed by atoms with van der Waals surface area (Å²) < 4.78 is 0. The van der Waals surface area contributed by atoms with Gasteiger partial charge in [0.15, 0.2) is 0 Å². The van der Waals surface area contributed by atoms with E-state index >= 15 is 0 Å². The van der Waals surface area contributed by atoms with Crippen molar-refractivity contribution in [2.24, 2.45) is 0 Å². The van der Waals surface area contributed by atoms with Crippen LogP contribution in [0.3, 0.4) is 0 Å². The smallest absolute Gasteiger partial charge is 0.141 e. The van der Waals surface area contributed by atoms with Crippen LogP contribution >= 0.6 is 0 Å². The van der Waals surface area contributed by atoms with Gasteiger partial charge in [-0.25, -0.2) is 9.97 Å². The van der Waals surface area contributed by atoms with Crippen molar-refractivity contribution in [3.63, 3.8) is 0 Å². The molecule has 2 N–H and O–H groups in total. The van der Waals surface area contributed by atoms with Crippen LogP contribution in [0.4, 0.5) is 0 Å². The summed E-state index contributed by atoms with van der Waals surface area (Å²) in [6, 6.07) is 1.96. The molecule has 15 heavy (non-hydrogen) atoms. The second-order valence-corrected chi connectivity index (χ2v) is 3.03. The fraction of sp³-hybridized carbons (Fsp3) is 0.0909. The molecule has 2 rings (SSSR count). The van der Waals surface area contributed by atoms with Crippen molar-refractivity contribution in [3.8, 4) is 0 Å². The van der Waals surface area contributed by atoms with Gasteiger partial charge in [-0.1, -0.05) is 12.7 Å². The average molecular weight is 200 g/mol. The fourth-order valence-electron chi connectivity index (χ4n) is 1.49. The predicted octanol–water partition coefficient (Wildman–Crippen LogP) is 1.70. The molecule has 0 amide bonds. The average Bonchev–Trinajstić information content (AvgIpc) is 2.73. The van der Waals surface area contributed by atoms with Crippen molar-refractivity contribution >= 4 is 16.7 Å². The van der Waals surface area contributed by atoms with Gasteiger partial charge >= 0.3 is 0 Å². The lowest BCUT2D eigenvalue weighted by molar-refractivity contribution is 1.08. The fourth-order valence-corrected chi connectivity index (χ4v) is 1.49. The number of allylic oxidation sites excluding steroid dienone is 2. The van der Waals surface area contributed by atoms with Crippen LogP contribution in [0, 0.1) is 0 Å². The molecule has 0 aliphatic carbocycles. The van der Waals surface area contributed by atoms with Crippen LogP contribution < -0.4 is 5.32 Å². The van der Waals surface area contributed by atoms with E-state index in [2.05, 4.69) is 26.8 Å². The summed E-state index contributed by atoms with van der Waals surface area (Å²) in [5.74, 6) is 0. The Bertz CT molecular complexity index is 510. The Morgan fingerprint density at radius 1 is 1.53 bits per heavy atom. The van der Waals surface area contributed by atoms with Gasteiger partial charge in [-0.15, -0.1) is 0 Å². The summed E-state index contributed by atoms with van der Waals surface area (Å²) in [5.41, 5.74) is 2.64. The van der Waals surface area contributed by atoms with Crippen molar-refractivity contribution in [1.29, 1.82) is 0 Å². The summed E-state index contributed by atoms with van der Waals surface area (Å²) in [7, 11) is 1.86. The van der Waals surface area contributed by atoms with Crippen LogP contribution in [0.1, 0.15) is 5.69 Å². The topological polar surface area (TPSA) is 53.6 Å². The highest BCUT2D eigenvalue weighted by molar-refractivity contribution is 5.87. The van der Waals surface area contributed by atoms with Gasteiger partial charge in [0.25, 0.3) is 0 Å². The maximum Gasteiger partial charge on any atom is 0.141 e. The Kier molecular flexibility index (Phi) is 2.49. The zero-order valence-electron chi connectivity index (χ0n) is 8.49. The first kappa shape index (κ1) is 9.45. The number of aromatic amines is 1. The quantitative estimate of drug-likeness (QED) is 0.741. The minimum atomic E-state index is 0.838. The molecule has 0 atom stereocenters. The van der Waals surface area contributed by atoms with Crippen molar-refractivity contribution in [2.75, 3.05) is 7.05 Å². The minimum Gasteiger partial charge on any atom is -0.386 e. The van der Waals surface area contributed by atoms with Crippen LogP contribution in [0.5, 0.6) is 0 Å². The molecule has 0 bridgehead atoms. The number of aromatic nitrogens is 3. The summed E-state index contributed by atoms with van der Waals surface area (Å²) in [6.45, 7) is 3.67. The highest BCUT2D eigenvalue weighted by atomic mass is 14.9. The Morgan fingerprint density at radius 3 is 3.13 bits per heavy atom. The van der Waals surface area contributed by atoms with E-state index in [9.17, 15) is 0 Å². The Labute approximate surface area is 87.8 Å². The van der Waals surface area contributed by atoms with Gasteiger partial charge in [-0.3, -0.25) is 0 Å². The third-order valence-corrected chi connectivity index (χ3v) is 2.16. The molecule has 4 nitrogen and oxygen atoms in total. The lowest BCUT2D eigenvalue weighted by atomic mass is 10.2. The normalized spacial score (nSPS) is 11.7. The van der Waals surface area contributed by atoms with E-state index < -0.39 is 0 Å². The Balaban J connectivity index is 2.64. The molecule has 0 aliphatic heterocycles. The van der Waals surface area contributed by atoms with E-state index in [1.807, 2.05) is 25.4 Å². The first-order valence-corrected chi connectivity index (χ1v) is 4.65. The van der Waals surface area contributed by atoms with Gasteiger partial charge < -0.3 is 10.3 Å². The third kappa shape index (κ3) is 1.61. The number of nitrogens with one attached hydrogen (secondary N) is 2. The van der Waals surface area contributed by atoms with Crippen molar-refractivity contribution in [1.82, 2.24) is 20.3 Å². The standard InChI is InChI=1S/C11H12N4/c1-3-4-9(12-2)10-8-5-6-13-11(8)15-7-14-10/h3-7,12H,1H2,2H3,(H,13,14,15)/b9-4-. The van der Waals surface area contributed by atoms with Gasteiger partial charge in [0.2, 0.25) is 0 Å². The summed E-state index contributed by atoms with van der Waals surface area (Å²) in [5, 5.41) is 4.09. The summed E-state index contributed by atoms with van der Waals surface area (Å²) in [6.07, 6.45) is 7.01. The summed E-state index contributed by atoms with van der Waals surface area (Å²) >= 11 is 0. The minimum absolute atomic E-state index is 0.838. The van der Waals surface area contributed by atoms with Gasteiger partial charge in [-0.05, 0) is 12.1 Å². The van der Waals surface area contributed by atoms with Crippen LogP contribution in [-0.4, -0.2) is 22.0 Å². The van der Waals surface area contributed by atoms with Gasteiger partial charge in [0.1, 0.15) is 12.0 Å². The first-order chi connectivity index (χ1) is 7.36. The number of nitrogens with zero attached hydrogens (tertiary/aromatic N) is 2. The largest absolute Gasteiger partial charge is 0.386 e. The number of fused-ring (bicyclic) bond motifs is 1. The van der Waals surface area contributed by atoms with Crippen molar-refractivity contribution in [3.05, 3.63) is 43.0 Å². The molecule has 0 saturated carbocycles. The van der Waals surface area contributed by atoms with Gasteiger partial charge in [-0.2, -0.15) is 0 Å². The van der Waals surface area contributed by atoms with Gasteiger partial charge in [0.05, 0.1) is 11.4 Å². The zero-order valence-corrected chi connectivity index (χ0v) is 8.49. The molecule has 2 aromatic rings. The molecule has 0 saturated heterocycles. The lowest BCUT2D eigenvalue weighted by Gasteiger charge is -2.05. The Hall–Kier alpha value is -2.10. The molecule has 2 aromatic heterocycles. The van der Waals surface area contributed by atoms with E-state index in [1.54, 1.807) is 12.4 Å². The molecule has 2 heterocycles. The maximum absolute atomic E-state index is 4.26. The number of rotatable bonds is 3. The van der Waals surface area contributed by atoms with Crippen molar-refractivity contribution < 1.29 is 0 Å². The molecule has 4 heteroatoms. The van der Waals surface area contributed by atoms with E-state index in [0.29, 0.717) is 0 Å². The number of hydrogen-bond donors (Lipinski definition) is 2. The third-order valence-electron chi connectivity index (χ3n) is 2.16. The second-order valence-electron chi connectivity index (χ2n) is 3.03. The SMILES string of the molecule is C=C/C=C(\NC)c1ncnc2[nH]ccc12. The molecule has 0 fully saturated rings. The number of hydrogen-bond acceptors (Lipinski definition) is 3. The number of H-pyrrole nitrogens is 1. The first-order valence-electron chi connectivity index (χ1n) is 4.65. The Morgan fingerprint density at radius 2 is 2.40 bits per heavy atom. The molecule has 0 spiro atoms. The molecule has 0 radical (unpaired) electrons. The predicted molar refractivity (Wildman–Crippen MR) is 61.1 cm³/mol. The second kappa shape index (κ2) is 3.96. The molecule has 0 aromatic carbocycles. The van der Waals surface area contributed by atoms with E-state index in [4.69, 9.17) is 0 Å². The molecular formula is C11H12N4. The van der Waals surface area contributed by atoms with Crippen molar-refractivity contribution in [2.45, 2.75) is 0 Å². The van der Waals surface area contributed by atoms with Crippen LogP contribution in [0.25, 0.3) is 16.7 Å². The van der Waals surface area contributed by atoms with Gasteiger partial charge in [0, 0.05) is 18.6 Å². The lowest BCUT2D eigenvalue weighted by Crippen LogP contribution is -2.06. The highest BCUT2D eigenvalue weighted by Crippen LogP contribution is 2.18.